The van der Waals surface area contributed by atoms with Crippen LogP contribution in [0.15, 0.2) is 21.7 Å². The first kappa shape index (κ1) is 17.1. The van der Waals surface area contributed by atoms with Gasteiger partial charge in [-0.15, -0.1) is 0 Å². The molecular weight excluding hydrogens is 323 g/mol. The summed E-state index contributed by atoms with van der Waals surface area (Å²) < 4.78 is 22.3. The lowest BCUT2D eigenvalue weighted by atomic mass is 9.92. The molecule has 7 heteroatoms. The van der Waals surface area contributed by atoms with Gasteiger partial charge in [-0.25, -0.2) is 0 Å². The van der Waals surface area contributed by atoms with E-state index in [1.165, 1.54) is 6.08 Å². The molecule has 0 fully saturated rings. The van der Waals surface area contributed by atoms with E-state index in [9.17, 15) is 18.0 Å². The van der Waals surface area contributed by atoms with Gasteiger partial charge in [-0.05, 0) is 6.08 Å². The Balaban J connectivity index is 3.23. The zero-order chi connectivity index (χ0) is 15.6. The van der Waals surface area contributed by atoms with Gasteiger partial charge in [0.1, 0.15) is 5.78 Å². The topological polar surface area (TPSA) is 68.3 Å². The summed E-state index contributed by atoms with van der Waals surface area (Å²) in [7, 11) is -2.50. The normalized spacial score (nSPS) is 19.2. The Morgan fingerprint density at radius 3 is 2.30 bits per heavy atom. The van der Waals surface area contributed by atoms with E-state index in [1.807, 2.05) is 0 Å². The maximum atomic E-state index is 12.1. The van der Waals surface area contributed by atoms with E-state index in [1.54, 1.807) is 20.8 Å². The van der Waals surface area contributed by atoms with Crippen LogP contribution in [0.4, 0.5) is 0 Å². The predicted molar refractivity (Wildman–Crippen MR) is 79.4 cm³/mol. The lowest BCUT2D eigenvalue weighted by Crippen LogP contribution is -2.22. The second-order valence-electron chi connectivity index (χ2n) is 4.80. The number of carbonyl (C=O) groups excluding carboxylic acids is 2. The van der Waals surface area contributed by atoms with Crippen LogP contribution in [0.1, 0.15) is 27.2 Å². The Hall–Kier alpha value is -0.910. The molecule has 1 unspecified atom stereocenters. The van der Waals surface area contributed by atoms with E-state index in [4.69, 9.17) is 23.2 Å². The fourth-order valence-corrected chi connectivity index (χ4v) is 2.86. The molecular formula is C13H14Cl2O4S. The summed E-state index contributed by atoms with van der Waals surface area (Å²) in [4.78, 5) is 23.6. The number of allylic oxidation sites excluding steroid dienone is 4. The maximum Gasteiger partial charge on any atom is 0.217 e. The molecule has 4 nitrogen and oxygen atoms in total. The van der Waals surface area contributed by atoms with Crippen molar-refractivity contribution in [1.82, 2.24) is 0 Å². The van der Waals surface area contributed by atoms with E-state index in [0.717, 1.165) is 0 Å². The van der Waals surface area contributed by atoms with Crippen LogP contribution in [-0.4, -0.2) is 24.8 Å². The number of rotatable bonds is 4. The van der Waals surface area contributed by atoms with Crippen molar-refractivity contribution >= 4 is 49.9 Å². The Labute approximate surface area is 129 Å². The first-order chi connectivity index (χ1) is 9.16. The molecule has 0 aliphatic heterocycles. The van der Waals surface area contributed by atoms with Gasteiger partial charge in [0, 0.05) is 22.4 Å². The summed E-state index contributed by atoms with van der Waals surface area (Å²) >= 11 is 12.0. The molecule has 0 radical (unpaired) electrons. The van der Waals surface area contributed by atoms with Gasteiger partial charge in [-0.2, -0.15) is 8.42 Å². The molecule has 0 bridgehead atoms. The molecule has 0 amide bonds. The van der Waals surface area contributed by atoms with E-state index in [0.29, 0.717) is 0 Å². The molecule has 0 aromatic carbocycles. The van der Waals surface area contributed by atoms with Gasteiger partial charge in [0.05, 0.1) is 16.3 Å². The van der Waals surface area contributed by atoms with Gasteiger partial charge in [-0.1, -0.05) is 44.0 Å². The van der Waals surface area contributed by atoms with Crippen LogP contribution in [-0.2, 0) is 19.9 Å². The third kappa shape index (κ3) is 3.59. The summed E-state index contributed by atoms with van der Waals surface area (Å²) in [6.07, 6.45) is 0.870. The summed E-state index contributed by atoms with van der Waals surface area (Å²) in [6.45, 7) is 4.94. The first-order valence-electron chi connectivity index (χ1n) is 5.96. The van der Waals surface area contributed by atoms with Crippen LogP contribution >= 0.6 is 23.2 Å². The van der Waals surface area contributed by atoms with Crippen molar-refractivity contribution in [2.45, 2.75) is 27.2 Å². The van der Waals surface area contributed by atoms with Crippen molar-refractivity contribution in [1.29, 1.82) is 0 Å². The third-order valence-electron chi connectivity index (χ3n) is 3.01. The highest BCUT2D eigenvalue weighted by Gasteiger charge is 2.29. The molecule has 20 heavy (non-hydrogen) atoms. The molecule has 1 aliphatic carbocycles. The number of carbonyl (C=O) groups is 2. The molecule has 0 heterocycles. The van der Waals surface area contributed by atoms with E-state index < -0.39 is 22.0 Å². The molecule has 0 spiro atoms. The number of Topliss-reactive ketones (excluding diaryl/α,β-unsaturated/α-hetero) is 2. The summed E-state index contributed by atoms with van der Waals surface area (Å²) in [5.41, 5.74) is -0.0250. The minimum Gasteiger partial charge on any atom is -0.299 e. The average molecular weight is 337 g/mol. The Morgan fingerprint density at radius 1 is 1.30 bits per heavy atom. The van der Waals surface area contributed by atoms with Crippen molar-refractivity contribution < 1.29 is 18.0 Å². The SMILES string of the molecule is CC(C)C(=O)CC(=O)C1=CC(=S(=O)=O)C(C)C(Cl)=C1Cl. The smallest absolute Gasteiger partial charge is 0.217 e. The molecule has 1 aliphatic rings. The Bertz CT molecular complexity index is 646. The zero-order valence-corrected chi connectivity index (χ0v) is 13.6. The lowest BCUT2D eigenvalue weighted by molar-refractivity contribution is -0.127. The third-order valence-corrected chi connectivity index (χ3v) is 4.89. The van der Waals surface area contributed by atoms with E-state index in [2.05, 4.69) is 0 Å². The second kappa shape index (κ2) is 6.70. The summed E-state index contributed by atoms with van der Waals surface area (Å²) in [5, 5.41) is 0.101. The Kier molecular flexibility index (Phi) is 5.74. The minimum atomic E-state index is -2.50. The highest BCUT2D eigenvalue weighted by Crippen LogP contribution is 2.34. The second-order valence-corrected chi connectivity index (χ2v) is 6.53. The number of halogens is 2. The first-order valence-corrected chi connectivity index (χ1v) is 7.79. The van der Waals surface area contributed by atoms with Crippen LogP contribution in [0.3, 0.4) is 0 Å². The molecule has 0 saturated carbocycles. The highest BCUT2D eigenvalue weighted by molar-refractivity contribution is 7.73. The number of ketones is 2. The summed E-state index contributed by atoms with van der Waals surface area (Å²) in [5.74, 6) is -1.64. The van der Waals surface area contributed by atoms with Crippen molar-refractivity contribution in [3.63, 3.8) is 0 Å². The number of hydrogen-bond donors (Lipinski definition) is 0. The number of hydrogen-bond acceptors (Lipinski definition) is 4. The molecule has 0 aromatic rings. The van der Waals surface area contributed by atoms with Crippen LogP contribution in [0.5, 0.6) is 0 Å². The standard InChI is InChI=1S/C13H14Cl2O4S/c1-6(2)9(16)5-10(17)8-4-11(20(18)19)7(3)12(14)13(8)15/h4,6-7H,5H2,1-3H3. The molecule has 0 N–H and O–H groups in total. The lowest BCUT2D eigenvalue weighted by Gasteiger charge is -2.19. The van der Waals surface area contributed by atoms with Gasteiger partial charge in [-0.3, -0.25) is 9.59 Å². The molecule has 1 rings (SSSR count). The van der Waals surface area contributed by atoms with Crippen molar-refractivity contribution in [2.24, 2.45) is 11.8 Å². The Morgan fingerprint density at radius 2 is 1.85 bits per heavy atom. The van der Waals surface area contributed by atoms with Gasteiger partial charge < -0.3 is 0 Å². The van der Waals surface area contributed by atoms with Crippen molar-refractivity contribution in [2.75, 3.05) is 0 Å². The molecule has 110 valence electrons. The van der Waals surface area contributed by atoms with Crippen LogP contribution in [0.25, 0.3) is 0 Å². The highest BCUT2D eigenvalue weighted by atomic mass is 35.5. The van der Waals surface area contributed by atoms with Gasteiger partial charge in [0.2, 0.25) is 10.3 Å². The largest absolute Gasteiger partial charge is 0.299 e. The van der Waals surface area contributed by atoms with Crippen molar-refractivity contribution in [3.8, 4) is 0 Å². The summed E-state index contributed by atoms with van der Waals surface area (Å²) in [6, 6.07) is 0. The maximum absolute atomic E-state index is 12.1. The van der Waals surface area contributed by atoms with Crippen molar-refractivity contribution in [3.05, 3.63) is 21.7 Å². The fourth-order valence-electron chi connectivity index (χ4n) is 1.63. The van der Waals surface area contributed by atoms with Crippen LogP contribution in [0.2, 0.25) is 0 Å². The minimum absolute atomic E-state index is 0.00919. The van der Waals surface area contributed by atoms with Gasteiger partial charge >= 0.3 is 0 Å². The van der Waals surface area contributed by atoms with Crippen LogP contribution < -0.4 is 0 Å². The van der Waals surface area contributed by atoms with Gasteiger partial charge in [0.25, 0.3) is 0 Å². The fraction of sp³-hybridized carbons (Fsp3) is 0.462. The van der Waals surface area contributed by atoms with E-state index in [-0.39, 0.29) is 38.6 Å². The monoisotopic (exact) mass is 336 g/mol. The van der Waals surface area contributed by atoms with Gasteiger partial charge in [0.15, 0.2) is 5.78 Å². The molecule has 1 atom stereocenters. The molecule has 0 saturated heterocycles. The molecule has 0 aromatic heterocycles. The van der Waals surface area contributed by atoms with E-state index >= 15 is 0 Å². The predicted octanol–water partition coefficient (Wildman–Crippen LogP) is 2.49. The zero-order valence-electron chi connectivity index (χ0n) is 11.2. The quantitative estimate of drug-likeness (QED) is 0.584. The average Bonchev–Trinajstić information content (AvgIpc) is 2.35. The van der Waals surface area contributed by atoms with Crippen LogP contribution in [0, 0.1) is 11.8 Å².